The molecule has 5 nitrogen and oxygen atoms in total. The molecule has 0 aliphatic heterocycles. The molecule has 0 radical (unpaired) electrons. The molecule has 2 aromatic heterocycles. The molecular formula is C20H16ClN3O2. The Bertz CT molecular complexity index is 1060. The number of ether oxygens (including phenoxy) is 1. The van der Waals surface area contributed by atoms with Crippen molar-refractivity contribution in [2.45, 2.75) is 6.92 Å². The van der Waals surface area contributed by atoms with Gasteiger partial charge in [0.05, 0.1) is 12.5 Å². The summed E-state index contributed by atoms with van der Waals surface area (Å²) >= 11 is 5.98. The molecule has 0 amide bonds. The van der Waals surface area contributed by atoms with E-state index in [4.69, 9.17) is 20.8 Å². The largest absolute Gasteiger partial charge is 0.497 e. The number of hydrogen-bond acceptors (Lipinski definition) is 5. The number of furan rings is 1. The van der Waals surface area contributed by atoms with Crippen molar-refractivity contribution in [3.05, 3.63) is 65.4 Å². The van der Waals surface area contributed by atoms with Crippen LogP contribution < -0.4 is 10.1 Å². The second-order valence-corrected chi connectivity index (χ2v) is 6.26. The van der Waals surface area contributed by atoms with E-state index in [0.29, 0.717) is 16.6 Å². The average molecular weight is 366 g/mol. The molecule has 4 rings (SSSR count). The lowest BCUT2D eigenvalue weighted by molar-refractivity contribution is 0.415. The highest BCUT2D eigenvalue weighted by molar-refractivity contribution is 6.30. The topological polar surface area (TPSA) is 60.2 Å². The maximum Gasteiger partial charge on any atom is 0.232 e. The Balaban J connectivity index is 1.77. The predicted molar refractivity (Wildman–Crippen MR) is 103 cm³/mol. The van der Waals surface area contributed by atoms with Crippen molar-refractivity contribution in [2.24, 2.45) is 0 Å². The van der Waals surface area contributed by atoms with Crippen LogP contribution in [0.15, 0.2) is 59.3 Å². The zero-order valence-corrected chi connectivity index (χ0v) is 15.0. The molecule has 130 valence electrons. The molecule has 0 spiro atoms. The second-order valence-electron chi connectivity index (χ2n) is 5.82. The summed E-state index contributed by atoms with van der Waals surface area (Å²) in [5.41, 5.74) is 3.36. The highest BCUT2D eigenvalue weighted by Crippen LogP contribution is 2.36. The van der Waals surface area contributed by atoms with Gasteiger partial charge < -0.3 is 14.5 Å². The summed E-state index contributed by atoms with van der Waals surface area (Å²) < 4.78 is 11.2. The Kier molecular flexibility index (Phi) is 4.22. The van der Waals surface area contributed by atoms with Crippen LogP contribution >= 0.6 is 11.6 Å². The number of benzene rings is 2. The first-order valence-corrected chi connectivity index (χ1v) is 8.44. The molecule has 4 aromatic rings. The minimum Gasteiger partial charge on any atom is -0.497 e. The SMILES string of the molecule is COc1ccc(Nc2ncnc3oc(-c4ccc(Cl)cc4)c(C)c23)cc1. The fourth-order valence-corrected chi connectivity index (χ4v) is 2.98. The summed E-state index contributed by atoms with van der Waals surface area (Å²) in [4.78, 5) is 8.66. The van der Waals surface area contributed by atoms with E-state index in [1.807, 2.05) is 55.5 Å². The van der Waals surface area contributed by atoms with Crippen LogP contribution in [0.2, 0.25) is 5.02 Å². The summed E-state index contributed by atoms with van der Waals surface area (Å²) in [7, 11) is 1.64. The van der Waals surface area contributed by atoms with E-state index in [-0.39, 0.29) is 0 Å². The molecule has 2 heterocycles. The van der Waals surface area contributed by atoms with Gasteiger partial charge in [0.25, 0.3) is 0 Å². The van der Waals surface area contributed by atoms with E-state index in [0.717, 1.165) is 33.7 Å². The van der Waals surface area contributed by atoms with Crippen LogP contribution in [0.5, 0.6) is 5.75 Å². The Hall–Kier alpha value is -3.05. The fraction of sp³-hybridized carbons (Fsp3) is 0.100. The summed E-state index contributed by atoms with van der Waals surface area (Å²) in [6.45, 7) is 2.00. The normalized spacial score (nSPS) is 10.9. The number of fused-ring (bicyclic) bond motifs is 1. The molecule has 0 fully saturated rings. The van der Waals surface area contributed by atoms with Crippen molar-refractivity contribution in [3.8, 4) is 17.1 Å². The Morgan fingerprint density at radius 1 is 1.00 bits per heavy atom. The molecule has 0 saturated heterocycles. The lowest BCUT2D eigenvalue weighted by Gasteiger charge is -2.07. The standard InChI is InChI=1S/C20H16ClN3O2/c1-12-17-19(24-15-7-9-16(25-2)10-8-15)22-11-23-20(17)26-18(12)13-3-5-14(21)6-4-13/h3-11H,1-2H3,(H,22,23,24). The van der Waals surface area contributed by atoms with Crippen molar-refractivity contribution in [2.75, 3.05) is 12.4 Å². The van der Waals surface area contributed by atoms with E-state index in [9.17, 15) is 0 Å². The number of methoxy groups -OCH3 is 1. The fourth-order valence-electron chi connectivity index (χ4n) is 2.85. The number of aromatic nitrogens is 2. The van der Waals surface area contributed by atoms with E-state index >= 15 is 0 Å². The lowest BCUT2D eigenvalue weighted by atomic mass is 10.1. The second kappa shape index (κ2) is 6.69. The quantitative estimate of drug-likeness (QED) is 0.509. The summed E-state index contributed by atoms with van der Waals surface area (Å²) in [5.74, 6) is 2.25. The van der Waals surface area contributed by atoms with Gasteiger partial charge in [-0.25, -0.2) is 9.97 Å². The number of hydrogen-bond donors (Lipinski definition) is 1. The molecular weight excluding hydrogens is 350 g/mol. The summed E-state index contributed by atoms with van der Waals surface area (Å²) in [5, 5.41) is 4.86. The van der Waals surface area contributed by atoms with Gasteiger partial charge in [-0.2, -0.15) is 0 Å². The third-order valence-electron chi connectivity index (χ3n) is 4.19. The molecule has 0 unspecified atom stereocenters. The monoisotopic (exact) mass is 365 g/mol. The highest BCUT2D eigenvalue weighted by Gasteiger charge is 2.17. The maximum atomic E-state index is 5.99. The van der Waals surface area contributed by atoms with Crippen LogP contribution in [-0.4, -0.2) is 17.1 Å². The molecule has 2 aromatic carbocycles. The van der Waals surface area contributed by atoms with Crippen molar-refractivity contribution >= 4 is 34.2 Å². The first-order valence-electron chi connectivity index (χ1n) is 8.07. The lowest BCUT2D eigenvalue weighted by Crippen LogP contribution is -1.95. The molecule has 0 bridgehead atoms. The summed E-state index contributed by atoms with van der Waals surface area (Å²) in [6.07, 6.45) is 1.49. The van der Waals surface area contributed by atoms with Crippen LogP contribution in [0.3, 0.4) is 0 Å². The van der Waals surface area contributed by atoms with Gasteiger partial charge in [0.15, 0.2) is 0 Å². The predicted octanol–water partition coefficient (Wildman–Crippen LogP) is 5.60. The molecule has 26 heavy (non-hydrogen) atoms. The number of anilines is 2. The van der Waals surface area contributed by atoms with Gasteiger partial charge in [0.2, 0.25) is 5.71 Å². The third kappa shape index (κ3) is 2.97. The van der Waals surface area contributed by atoms with Crippen molar-refractivity contribution in [3.63, 3.8) is 0 Å². The molecule has 0 saturated carbocycles. The van der Waals surface area contributed by atoms with Gasteiger partial charge in [-0.1, -0.05) is 11.6 Å². The third-order valence-corrected chi connectivity index (χ3v) is 4.44. The molecule has 6 heteroatoms. The average Bonchev–Trinajstić information content (AvgIpc) is 3.01. The Labute approximate surface area is 155 Å². The smallest absolute Gasteiger partial charge is 0.232 e. The van der Waals surface area contributed by atoms with Gasteiger partial charge in [-0.3, -0.25) is 0 Å². The first kappa shape index (κ1) is 16.4. The van der Waals surface area contributed by atoms with Crippen molar-refractivity contribution in [1.29, 1.82) is 0 Å². The number of nitrogens with one attached hydrogen (secondary N) is 1. The molecule has 0 atom stereocenters. The molecule has 0 aliphatic carbocycles. The maximum absolute atomic E-state index is 5.99. The van der Waals surface area contributed by atoms with Crippen LogP contribution in [0.1, 0.15) is 5.56 Å². The van der Waals surface area contributed by atoms with Gasteiger partial charge in [0, 0.05) is 21.8 Å². The van der Waals surface area contributed by atoms with Gasteiger partial charge in [-0.15, -0.1) is 0 Å². The minimum atomic E-state index is 0.540. The van der Waals surface area contributed by atoms with Gasteiger partial charge in [-0.05, 0) is 55.5 Å². The number of nitrogens with zero attached hydrogens (tertiary/aromatic N) is 2. The van der Waals surface area contributed by atoms with E-state index in [1.54, 1.807) is 7.11 Å². The van der Waals surface area contributed by atoms with Crippen molar-refractivity contribution in [1.82, 2.24) is 9.97 Å². The summed E-state index contributed by atoms with van der Waals surface area (Å²) in [6, 6.07) is 15.2. The highest BCUT2D eigenvalue weighted by atomic mass is 35.5. The van der Waals surface area contributed by atoms with Crippen LogP contribution in [0.25, 0.3) is 22.4 Å². The number of halogens is 1. The minimum absolute atomic E-state index is 0.540. The van der Waals surface area contributed by atoms with E-state index < -0.39 is 0 Å². The number of rotatable bonds is 4. The zero-order valence-electron chi connectivity index (χ0n) is 14.3. The molecule has 1 N–H and O–H groups in total. The Morgan fingerprint density at radius 3 is 2.42 bits per heavy atom. The van der Waals surface area contributed by atoms with Crippen LogP contribution in [0.4, 0.5) is 11.5 Å². The Morgan fingerprint density at radius 2 is 1.73 bits per heavy atom. The zero-order chi connectivity index (χ0) is 18.1. The van der Waals surface area contributed by atoms with Crippen LogP contribution in [0, 0.1) is 6.92 Å². The van der Waals surface area contributed by atoms with E-state index in [1.165, 1.54) is 6.33 Å². The van der Waals surface area contributed by atoms with Crippen LogP contribution in [-0.2, 0) is 0 Å². The first-order chi connectivity index (χ1) is 12.7. The van der Waals surface area contributed by atoms with Crippen molar-refractivity contribution < 1.29 is 9.15 Å². The van der Waals surface area contributed by atoms with E-state index in [2.05, 4.69) is 15.3 Å². The molecule has 0 aliphatic rings. The number of aryl methyl sites for hydroxylation is 1. The van der Waals surface area contributed by atoms with Gasteiger partial charge >= 0.3 is 0 Å². The van der Waals surface area contributed by atoms with Gasteiger partial charge in [0.1, 0.15) is 23.7 Å².